The summed E-state index contributed by atoms with van der Waals surface area (Å²) in [6, 6.07) is 6.51. The van der Waals surface area contributed by atoms with Crippen molar-refractivity contribution in [3.05, 3.63) is 29.8 Å². The Labute approximate surface area is 184 Å². The SMILES string of the molecule is N=C(N)Nc1ccc(CCCC(=O)NC(CO)C(=O)NCCCCNCCCN)cc1. The van der Waals surface area contributed by atoms with E-state index in [1.165, 1.54) is 0 Å². The van der Waals surface area contributed by atoms with Crippen LogP contribution in [0, 0.1) is 5.41 Å². The molecule has 1 atom stereocenters. The molecule has 0 bridgehead atoms. The quantitative estimate of drug-likeness (QED) is 0.0990. The van der Waals surface area contributed by atoms with Crippen LogP contribution in [0.25, 0.3) is 0 Å². The van der Waals surface area contributed by atoms with E-state index in [0.717, 1.165) is 43.6 Å². The summed E-state index contributed by atoms with van der Waals surface area (Å²) in [6.45, 7) is 2.49. The fourth-order valence-corrected chi connectivity index (χ4v) is 2.89. The number of guanidine groups is 1. The van der Waals surface area contributed by atoms with Gasteiger partial charge in [0, 0.05) is 18.7 Å². The lowest BCUT2D eigenvalue weighted by Crippen LogP contribution is -2.49. The molecule has 10 heteroatoms. The van der Waals surface area contributed by atoms with E-state index in [2.05, 4.69) is 21.3 Å². The van der Waals surface area contributed by atoms with Gasteiger partial charge in [0.1, 0.15) is 6.04 Å². The highest BCUT2D eigenvalue weighted by Gasteiger charge is 2.19. The molecule has 0 saturated heterocycles. The van der Waals surface area contributed by atoms with E-state index >= 15 is 0 Å². The van der Waals surface area contributed by atoms with Crippen molar-refractivity contribution >= 4 is 23.5 Å². The highest BCUT2D eigenvalue weighted by atomic mass is 16.3. The predicted molar refractivity (Wildman–Crippen MR) is 123 cm³/mol. The summed E-state index contributed by atoms with van der Waals surface area (Å²) >= 11 is 0. The molecular weight excluding hydrogens is 398 g/mol. The van der Waals surface area contributed by atoms with Gasteiger partial charge < -0.3 is 37.8 Å². The molecule has 0 radical (unpaired) electrons. The zero-order valence-electron chi connectivity index (χ0n) is 18.1. The summed E-state index contributed by atoms with van der Waals surface area (Å²) in [7, 11) is 0. The van der Waals surface area contributed by atoms with Crippen LogP contribution in [0.2, 0.25) is 0 Å². The van der Waals surface area contributed by atoms with Crippen LogP contribution in [0.3, 0.4) is 0 Å². The van der Waals surface area contributed by atoms with E-state index in [1.54, 1.807) is 0 Å². The van der Waals surface area contributed by atoms with Crippen LogP contribution in [-0.2, 0) is 16.0 Å². The van der Waals surface area contributed by atoms with Gasteiger partial charge in [0.25, 0.3) is 0 Å². The third-order valence-corrected chi connectivity index (χ3v) is 4.57. The molecule has 0 fully saturated rings. The number of hydrogen-bond donors (Lipinski definition) is 8. The van der Waals surface area contributed by atoms with Crippen molar-refractivity contribution in [2.24, 2.45) is 11.5 Å². The van der Waals surface area contributed by atoms with Gasteiger partial charge in [0.2, 0.25) is 11.8 Å². The lowest BCUT2D eigenvalue weighted by atomic mass is 10.1. The Kier molecular flexibility index (Phi) is 13.6. The van der Waals surface area contributed by atoms with Crippen LogP contribution >= 0.6 is 0 Å². The summed E-state index contributed by atoms with van der Waals surface area (Å²) in [4.78, 5) is 24.3. The monoisotopic (exact) mass is 435 g/mol. The maximum absolute atomic E-state index is 12.1. The second kappa shape index (κ2) is 16.1. The van der Waals surface area contributed by atoms with Crippen molar-refractivity contribution in [1.82, 2.24) is 16.0 Å². The topological polar surface area (TPSA) is 178 Å². The standard InChI is InChI=1S/C21H37N7O3/c22-11-4-13-25-12-1-2-14-26-20(31)18(15-29)28-19(30)6-3-5-16-7-9-17(10-8-16)27-21(23)24/h7-10,18,25,29H,1-6,11-15,22H2,(H,26,31)(H,28,30)(H4,23,24,27). The molecule has 31 heavy (non-hydrogen) atoms. The smallest absolute Gasteiger partial charge is 0.244 e. The Morgan fingerprint density at radius 3 is 2.35 bits per heavy atom. The van der Waals surface area contributed by atoms with Gasteiger partial charge in [0.15, 0.2) is 5.96 Å². The molecule has 1 aromatic rings. The Hall–Kier alpha value is -2.69. The number of nitrogens with one attached hydrogen (secondary N) is 5. The Morgan fingerprint density at radius 2 is 1.71 bits per heavy atom. The number of anilines is 1. The molecule has 10 N–H and O–H groups in total. The summed E-state index contributed by atoms with van der Waals surface area (Å²) < 4.78 is 0. The van der Waals surface area contributed by atoms with E-state index < -0.39 is 12.6 Å². The number of unbranched alkanes of at least 4 members (excludes halogenated alkanes) is 1. The summed E-state index contributed by atoms with van der Waals surface area (Å²) in [5, 5.41) is 27.9. The minimum atomic E-state index is -0.938. The average molecular weight is 436 g/mol. The largest absolute Gasteiger partial charge is 0.394 e. The summed E-state index contributed by atoms with van der Waals surface area (Å²) in [5.41, 5.74) is 12.5. The van der Waals surface area contributed by atoms with Gasteiger partial charge in [-0.15, -0.1) is 0 Å². The van der Waals surface area contributed by atoms with E-state index in [4.69, 9.17) is 16.9 Å². The molecule has 1 rings (SSSR count). The first-order chi connectivity index (χ1) is 15.0. The van der Waals surface area contributed by atoms with Crippen molar-refractivity contribution in [3.63, 3.8) is 0 Å². The third kappa shape index (κ3) is 12.6. The first kappa shape index (κ1) is 26.3. The van der Waals surface area contributed by atoms with Crippen LogP contribution in [0.1, 0.15) is 37.7 Å². The molecule has 0 spiro atoms. The number of aliphatic hydroxyl groups excluding tert-OH is 1. The van der Waals surface area contributed by atoms with Crippen molar-refractivity contribution < 1.29 is 14.7 Å². The summed E-state index contributed by atoms with van der Waals surface area (Å²) in [5.74, 6) is -0.768. The predicted octanol–water partition coefficient (Wildman–Crippen LogP) is -0.373. The Balaban J connectivity index is 2.21. The molecular formula is C21H37N7O3. The fraction of sp³-hybridized carbons (Fsp3) is 0.571. The number of carbonyl (C=O) groups is 2. The highest BCUT2D eigenvalue weighted by Crippen LogP contribution is 2.11. The van der Waals surface area contributed by atoms with Crippen molar-refractivity contribution in [2.45, 2.75) is 44.6 Å². The Bertz CT molecular complexity index is 667. The molecule has 10 nitrogen and oxygen atoms in total. The van der Waals surface area contributed by atoms with Crippen LogP contribution in [0.5, 0.6) is 0 Å². The van der Waals surface area contributed by atoms with Gasteiger partial charge in [-0.2, -0.15) is 0 Å². The van der Waals surface area contributed by atoms with Gasteiger partial charge in [-0.05, 0) is 69.4 Å². The molecule has 0 aliphatic heterocycles. The maximum atomic E-state index is 12.1. The number of nitrogens with two attached hydrogens (primary N) is 2. The van der Waals surface area contributed by atoms with Crippen LogP contribution in [-0.4, -0.2) is 61.7 Å². The van der Waals surface area contributed by atoms with E-state index in [9.17, 15) is 14.7 Å². The lowest BCUT2D eigenvalue weighted by molar-refractivity contribution is -0.130. The first-order valence-corrected chi connectivity index (χ1v) is 10.7. The molecule has 2 amide bonds. The van der Waals surface area contributed by atoms with Gasteiger partial charge in [0.05, 0.1) is 6.61 Å². The average Bonchev–Trinajstić information content (AvgIpc) is 2.74. The minimum Gasteiger partial charge on any atom is -0.394 e. The van der Waals surface area contributed by atoms with E-state index in [-0.39, 0.29) is 24.2 Å². The number of aliphatic hydroxyl groups is 1. The molecule has 1 unspecified atom stereocenters. The number of benzene rings is 1. The minimum absolute atomic E-state index is 0.123. The van der Waals surface area contributed by atoms with E-state index in [0.29, 0.717) is 25.9 Å². The molecule has 0 aliphatic carbocycles. The second-order valence-electron chi connectivity index (χ2n) is 7.28. The Morgan fingerprint density at radius 1 is 1.03 bits per heavy atom. The maximum Gasteiger partial charge on any atom is 0.244 e. The fourth-order valence-electron chi connectivity index (χ4n) is 2.89. The number of aryl methyl sites for hydroxylation is 1. The molecule has 0 aliphatic rings. The van der Waals surface area contributed by atoms with Crippen molar-refractivity contribution in [2.75, 3.05) is 38.1 Å². The molecule has 0 aromatic heterocycles. The summed E-state index contributed by atoms with van der Waals surface area (Å²) in [6.07, 6.45) is 4.25. The number of amides is 2. The number of hydrogen-bond acceptors (Lipinski definition) is 6. The van der Waals surface area contributed by atoms with Crippen LogP contribution < -0.4 is 32.7 Å². The van der Waals surface area contributed by atoms with Crippen molar-refractivity contribution in [3.8, 4) is 0 Å². The lowest BCUT2D eigenvalue weighted by Gasteiger charge is -2.16. The van der Waals surface area contributed by atoms with Gasteiger partial charge in [-0.1, -0.05) is 12.1 Å². The van der Waals surface area contributed by atoms with Gasteiger partial charge >= 0.3 is 0 Å². The van der Waals surface area contributed by atoms with Crippen molar-refractivity contribution in [1.29, 1.82) is 5.41 Å². The third-order valence-electron chi connectivity index (χ3n) is 4.57. The normalized spacial score (nSPS) is 11.5. The highest BCUT2D eigenvalue weighted by molar-refractivity contribution is 5.89. The number of rotatable bonds is 16. The molecule has 0 heterocycles. The molecule has 0 saturated carbocycles. The van der Waals surface area contributed by atoms with Crippen LogP contribution in [0.4, 0.5) is 5.69 Å². The number of carbonyl (C=O) groups excluding carboxylic acids is 2. The first-order valence-electron chi connectivity index (χ1n) is 10.7. The zero-order valence-corrected chi connectivity index (χ0v) is 18.1. The van der Waals surface area contributed by atoms with Gasteiger partial charge in [-0.25, -0.2) is 0 Å². The van der Waals surface area contributed by atoms with E-state index in [1.807, 2.05) is 24.3 Å². The molecule has 174 valence electrons. The second-order valence-corrected chi connectivity index (χ2v) is 7.28. The molecule has 1 aromatic carbocycles. The van der Waals surface area contributed by atoms with Crippen LogP contribution in [0.15, 0.2) is 24.3 Å². The van der Waals surface area contributed by atoms with Gasteiger partial charge in [-0.3, -0.25) is 15.0 Å². The zero-order chi connectivity index (χ0) is 22.9.